The van der Waals surface area contributed by atoms with E-state index in [4.69, 9.17) is 0 Å². The van der Waals surface area contributed by atoms with Crippen LogP contribution in [0.3, 0.4) is 0 Å². The largest absolute Gasteiger partial charge is 0.348 e. The lowest BCUT2D eigenvalue weighted by Gasteiger charge is -2.35. The maximum atomic E-state index is 13.6. The first-order valence-corrected chi connectivity index (χ1v) is 12.8. The van der Waals surface area contributed by atoms with Gasteiger partial charge in [0.1, 0.15) is 0 Å². The smallest absolute Gasteiger partial charge is 0.313 e. The van der Waals surface area contributed by atoms with E-state index in [1.165, 1.54) is 0 Å². The number of piperidine rings is 1. The number of nitrogens with one attached hydrogen (secondary N) is 2. The maximum Gasteiger partial charge on any atom is 0.313 e. The SMILES string of the molecule is Cc1ccc(NC(=O)C(=O)NCC[C@@H]2CCCCN2S(=O)(=O)c2c(C)cc(C)cc2C)cc1. The molecule has 178 valence electrons. The van der Waals surface area contributed by atoms with Crippen LogP contribution in [-0.2, 0) is 19.6 Å². The van der Waals surface area contributed by atoms with E-state index in [1.807, 2.05) is 52.0 Å². The van der Waals surface area contributed by atoms with E-state index in [1.54, 1.807) is 16.4 Å². The fourth-order valence-electron chi connectivity index (χ4n) is 4.53. The second kappa shape index (κ2) is 10.5. The highest BCUT2D eigenvalue weighted by Gasteiger charge is 2.35. The lowest BCUT2D eigenvalue weighted by molar-refractivity contribution is -0.136. The van der Waals surface area contributed by atoms with Crippen LogP contribution in [0.4, 0.5) is 5.69 Å². The van der Waals surface area contributed by atoms with Crippen LogP contribution in [0.5, 0.6) is 0 Å². The topological polar surface area (TPSA) is 95.6 Å². The normalized spacial score (nSPS) is 16.9. The summed E-state index contributed by atoms with van der Waals surface area (Å²) < 4.78 is 28.7. The number of carbonyl (C=O) groups excluding carboxylic acids is 2. The molecule has 7 nitrogen and oxygen atoms in total. The maximum absolute atomic E-state index is 13.6. The Bertz CT molecular complexity index is 1100. The van der Waals surface area contributed by atoms with Crippen molar-refractivity contribution in [2.45, 2.75) is 64.3 Å². The summed E-state index contributed by atoms with van der Waals surface area (Å²) in [4.78, 5) is 24.8. The number of amides is 2. The molecule has 0 aliphatic carbocycles. The van der Waals surface area contributed by atoms with Gasteiger partial charge in [-0.25, -0.2) is 8.42 Å². The number of sulfonamides is 1. The summed E-state index contributed by atoms with van der Waals surface area (Å²) >= 11 is 0. The molecule has 1 atom stereocenters. The Morgan fingerprint density at radius 1 is 0.939 bits per heavy atom. The quantitative estimate of drug-likeness (QED) is 0.629. The minimum atomic E-state index is -3.66. The Labute approximate surface area is 196 Å². The average Bonchev–Trinajstić information content (AvgIpc) is 2.74. The first-order chi connectivity index (χ1) is 15.6. The van der Waals surface area contributed by atoms with E-state index in [0.717, 1.165) is 41.5 Å². The number of nitrogens with zero attached hydrogens (tertiary/aromatic N) is 1. The molecule has 2 aromatic rings. The molecule has 0 saturated carbocycles. The Hall–Kier alpha value is -2.71. The van der Waals surface area contributed by atoms with Gasteiger partial charge in [0.05, 0.1) is 4.90 Å². The predicted molar refractivity (Wildman–Crippen MR) is 130 cm³/mol. The molecule has 33 heavy (non-hydrogen) atoms. The minimum Gasteiger partial charge on any atom is -0.348 e. The summed E-state index contributed by atoms with van der Waals surface area (Å²) in [6.45, 7) is 8.24. The molecule has 1 fully saturated rings. The third kappa shape index (κ3) is 6.00. The monoisotopic (exact) mass is 471 g/mol. The molecule has 0 spiro atoms. The Kier molecular flexibility index (Phi) is 7.92. The van der Waals surface area contributed by atoms with Crippen molar-refractivity contribution >= 4 is 27.5 Å². The molecule has 1 aliphatic heterocycles. The summed E-state index contributed by atoms with van der Waals surface area (Å²) in [5.41, 5.74) is 4.14. The number of hydrogen-bond donors (Lipinski definition) is 2. The number of hydrogen-bond acceptors (Lipinski definition) is 4. The summed E-state index contributed by atoms with van der Waals surface area (Å²) in [7, 11) is -3.66. The van der Waals surface area contributed by atoms with Gasteiger partial charge < -0.3 is 10.6 Å². The third-order valence-electron chi connectivity index (χ3n) is 6.02. The van der Waals surface area contributed by atoms with Crippen molar-refractivity contribution in [1.82, 2.24) is 9.62 Å². The molecule has 0 radical (unpaired) electrons. The van der Waals surface area contributed by atoms with Crippen LogP contribution in [0, 0.1) is 27.7 Å². The molecular formula is C25H33N3O4S. The number of carbonyl (C=O) groups is 2. The van der Waals surface area contributed by atoms with Crippen molar-refractivity contribution in [3.63, 3.8) is 0 Å². The van der Waals surface area contributed by atoms with Gasteiger partial charge in [0.2, 0.25) is 10.0 Å². The molecule has 0 unspecified atom stereocenters. The molecule has 1 aliphatic rings. The summed E-state index contributed by atoms with van der Waals surface area (Å²) in [6, 6.07) is 10.7. The minimum absolute atomic E-state index is 0.218. The lowest BCUT2D eigenvalue weighted by atomic mass is 10.0. The van der Waals surface area contributed by atoms with Crippen molar-refractivity contribution in [2.24, 2.45) is 0 Å². The van der Waals surface area contributed by atoms with E-state index in [9.17, 15) is 18.0 Å². The number of aryl methyl sites for hydroxylation is 4. The molecule has 3 rings (SSSR count). The van der Waals surface area contributed by atoms with E-state index >= 15 is 0 Å². The van der Waals surface area contributed by atoms with Crippen molar-refractivity contribution in [3.8, 4) is 0 Å². The molecule has 0 aromatic heterocycles. The molecule has 2 amide bonds. The number of anilines is 1. The highest BCUT2D eigenvalue weighted by Crippen LogP contribution is 2.31. The molecule has 1 saturated heterocycles. The van der Waals surface area contributed by atoms with Crippen LogP contribution in [0.1, 0.15) is 47.9 Å². The molecule has 2 aromatic carbocycles. The van der Waals surface area contributed by atoms with Crippen LogP contribution in [0.2, 0.25) is 0 Å². The van der Waals surface area contributed by atoms with Gasteiger partial charge in [-0.1, -0.05) is 41.8 Å². The standard InChI is InChI=1S/C25H33N3O4S/c1-17-8-10-21(11-9-17)27-25(30)24(29)26-13-12-22-7-5-6-14-28(22)33(31,32)23-19(3)15-18(2)16-20(23)4/h8-11,15-16,22H,5-7,12-14H2,1-4H3,(H,26,29)(H,27,30)/t22-/m0/s1. The Morgan fingerprint density at radius 3 is 2.21 bits per heavy atom. The Morgan fingerprint density at radius 2 is 1.58 bits per heavy atom. The van der Waals surface area contributed by atoms with Gasteiger partial charge in [0.15, 0.2) is 0 Å². The first kappa shape index (κ1) is 24.9. The van der Waals surface area contributed by atoms with Crippen molar-refractivity contribution in [3.05, 3.63) is 58.7 Å². The Balaban J connectivity index is 1.63. The summed E-state index contributed by atoms with van der Waals surface area (Å²) in [5, 5.41) is 5.20. The molecule has 1 heterocycles. The van der Waals surface area contributed by atoms with Crippen LogP contribution in [0.25, 0.3) is 0 Å². The van der Waals surface area contributed by atoms with Gasteiger partial charge in [0.25, 0.3) is 0 Å². The second-order valence-electron chi connectivity index (χ2n) is 8.86. The van der Waals surface area contributed by atoms with Crippen molar-refractivity contribution < 1.29 is 18.0 Å². The second-order valence-corrected chi connectivity index (χ2v) is 10.7. The van der Waals surface area contributed by atoms with E-state index in [-0.39, 0.29) is 12.6 Å². The van der Waals surface area contributed by atoms with Gasteiger partial charge in [-0.15, -0.1) is 0 Å². The highest BCUT2D eigenvalue weighted by molar-refractivity contribution is 7.89. The fraction of sp³-hybridized carbons (Fsp3) is 0.440. The van der Waals surface area contributed by atoms with Crippen LogP contribution in [0.15, 0.2) is 41.3 Å². The van der Waals surface area contributed by atoms with Crippen LogP contribution < -0.4 is 10.6 Å². The molecular weight excluding hydrogens is 438 g/mol. The fourth-order valence-corrected chi connectivity index (χ4v) is 6.67. The third-order valence-corrected chi connectivity index (χ3v) is 8.28. The lowest BCUT2D eigenvalue weighted by Crippen LogP contribution is -2.46. The number of benzene rings is 2. The molecule has 8 heteroatoms. The van der Waals surface area contributed by atoms with Gasteiger partial charge >= 0.3 is 11.8 Å². The van der Waals surface area contributed by atoms with E-state index in [2.05, 4.69) is 10.6 Å². The number of rotatable bonds is 6. The average molecular weight is 472 g/mol. The van der Waals surface area contributed by atoms with E-state index < -0.39 is 21.8 Å². The van der Waals surface area contributed by atoms with Gasteiger partial charge in [-0.05, 0) is 70.2 Å². The van der Waals surface area contributed by atoms with Crippen LogP contribution >= 0.6 is 0 Å². The summed E-state index contributed by atoms with van der Waals surface area (Å²) in [5.74, 6) is -1.47. The highest BCUT2D eigenvalue weighted by atomic mass is 32.2. The van der Waals surface area contributed by atoms with Crippen molar-refractivity contribution in [2.75, 3.05) is 18.4 Å². The predicted octanol–water partition coefficient (Wildman–Crippen LogP) is 3.61. The molecule has 0 bridgehead atoms. The van der Waals surface area contributed by atoms with Gasteiger partial charge in [-0.2, -0.15) is 4.31 Å². The van der Waals surface area contributed by atoms with Gasteiger partial charge in [0, 0.05) is 24.8 Å². The zero-order valence-corrected chi connectivity index (χ0v) is 20.6. The van der Waals surface area contributed by atoms with Gasteiger partial charge in [-0.3, -0.25) is 9.59 Å². The summed E-state index contributed by atoms with van der Waals surface area (Å²) in [6.07, 6.45) is 2.93. The molecule has 2 N–H and O–H groups in total. The zero-order valence-electron chi connectivity index (χ0n) is 19.8. The van der Waals surface area contributed by atoms with E-state index in [0.29, 0.717) is 23.5 Å². The zero-order chi connectivity index (χ0) is 24.2. The first-order valence-electron chi connectivity index (χ1n) is 11.3. The van der Waals surface area contributed by atoms with Crippen molar-refractivity contribution in [1.29, 1.82) is 0 Å². The van der Waals surface area contributed by atoms with Crippen LogP contribution in [-0.4, -0.2) is 43.7 Å².